The van der Waals surface area contributed by atoms with Crippen LogP contribution in [0.1, 0.15) is 11.1 Å². The quantitative estimate of drug-likeness (QED) is 0.687. The van der Waals surface area contributed by atoms with Crippen LogP contribution in [0.5, 0.6) is 17.2 Å². The number of hydrogen-bond donors (Lipinski definition) is 0. The molecule has 5 rings (SSSR count). The van der Waals surface area contributed by atoms with Gasteiger partial charge in [-0.05, 0) is 30.2 Å². The maximum Gasteiger partial charge on any atom is 0.247 e. The highest BCUT2D eigenvalue weighted by Crippen LogP contribution is 2.46. The van der Waals surface area contributed by atoms with Gasteiger partial charge in [0.1, 0.15) is 5.75 Å². The number of hydrogen-bond acceptors (Lipinski definition) is 5. The standard InChI is InChI=1S/C22H22N4O3/c1-24-22-20(12-23-24)29-19-8-4-3-7-17(19)26(22)21(27)14-25-11-10-15-6-5-9-18(28-2)16(15)13-25/h3-9,12H,10-11,13-14H2,1-2H3. The van der Waals surface area contributed by atoms with E-state index in [2.05, 4.69) is 16.1 Å². The van der Waals surface area contributed by atoms with E-state index in [9.17, 15) is 4.79 Å². The third-order valence-electron chi connectivity index (χ3n) is 5.55. The molecule has 7 nitrogen and oxygen atoms in total. The molecule has 0 spiro atoms. The molecule has 3 aromatic rings. The van der Waals surface area contributed by atoms with Crippen molar-refractivity contribution in [2.45, 2.75) is 13.0 Å². The van der Waals surface area contributed by atoms with Gasteiger partial charge >= 0.3 is 0 Å². The number of fused-ring (bicyclic) bond motifs is 3. The number of aryl methyl sites for hydroxylation is 1. The third kappa shape index (κ3) is 2.94. The number of methoxy groups -OCH3 is 1. The van der Waals surface area contributed by atoms with Gasteiger partial charge in [0.15, 0.2) is 17.3 Å². The van der Waals surface area contributed by atoms with Gasteiger partial charge < -0.3 is 9.47 Å². The molecular formula is C22H22N4O3. The van der Waals surface area contributed by atoms with E-state index < -0.39 is 0 Å². The van der Waals surface area contributed by atoms with Crippen LogP contribution in [0.4, 0.5) is 11.5 Å². The normalized spacial score (nSPS) is 15.2. The zero-order chi connectivity index (χ0) is 20.0. The predicted octanol–water partition coefficient (Wildman–Crippen LogP) is 3.26. The van der Waals surface area contributed by atoms with Crippen LogP contribution in [0.2, 0.25) is 0 Å². The lowest BCUT2D eigenvalue weighted by Gasteiger charge is -2.33. The molecule has 2 aromatic carbocycles. The molecule has 0 saturated carbocycles. The van der Waals surface area contributed by atoms with Crippen LogP contribution in [-0.2, 0) is 24.8 Å². The number of carbonyl (C=O) groups is 1. The van der Waals surface area contributed by atoms with Gasteiger partial charge in [-0.15, -0.1) is 0 Å². The van der Waals surface area contributed by atoms with Gasteiger partial charge in [-0.3, -0.25) is 14.6 Å². The van der Waals surface area contributed by atoms with Crippen LogP contribution in [-0.4, -0.2) is 40.8 Å². The highest BCUT2D eigenvalue weighted by Gasteiger charge is 2.33. The summed E-state index contributed by atoms with van der Waals surface area (Å²) < 4.78 is 13.1. The number of nitrogens with zero attached hydrogens (tertiary/aromatic N) is 4. The summed E-state index contributed by atoms with van der Waals surface area (Å²) >= 11 is 0. The van der Waals surface area contributed by atoms with Crippen molar-refractivity contribution >= 4 is 17.4 Å². The van der Waals surface area contributed by atoms with E-state index in [1.54, 1.807) is 22.9 Å². The molecule has 0 aliphatic carbocycles. The van der Waals surface area contributed by atoms with Crippen LogP contribution in [0.15, 0.2) is 48.7 Å². The Morgan fingerprint density at radius 1 is 1.17 bits per heavy atom. The molecule has 0 radical (unpaired) electrons. The summed E-state index contributed by atoms with van der Waals surface area (Å²) in [5, 5.41) is 4.28. The van der Waals surface area contributed by atoms with Crippen LogP contribution < -0.4 is 14.4 Å². The summed E-state index contributed by atoms with van der Waals surface area (Å²) in [6.07, 6.45) is 2.55. The van der Waals surface area contributed by atoms with E-state index in [0.29, 0.717) is 30.4 Å². The Bertz CT molecular complexity index is 1080. The predicted molar refractivity (Wildman–Crippen MR) is 109 cm³/mol. The average Bonchev–Trinajstić information content (AvgIpc) is 3.11. The van der Waals surface area contributed by atoms with Gasteiger partial charge in [-0.2, -0.15) is 5.10 Å². The van der Waals surface area contributed by atoms with E-state index in [-0.39, 0.29) is 5.91 Å². The fourth-order valence-corrected chi connectivity index (χ4v) is 4.15. The van der Waals surface area contributed by atoms with Gasteiger partial charge in [-0.25, -0.2) is 4.68 Å². The smallest absolute Gasteiger partial charge is 0.247 e. The summed E-state index contributed by atoms with van der Waals surface area (Å²) in [5.74, 6) is 2.77. The number of rotatable bonds is 3. The summed E-state index contributed by atoms with van der Waals surface area (Å²) in [5.41, 5.74) is 3.19. The van der Waals surface area contributed by atoms with Crippen LogP contribution in [0, 0.1) is 0 Å². The van der Waals surface area contributed by atoms with E-state index in [4.69, 9.17) is 9.47 Å². The Balaban J connectivity index is 1.44. The summed E-state index contributed by atoms with van der Waals surface area (Å²) in [6.45, 7) is 1.82. The van der Waals surface area contributed by atoms with Crippen LogP contribution in [0.25, 0.3) is 0 Å². The first kappa shape index (κ1) is 17.8. The molecule has 3 heterocycles. The number of para-hydroxylation sites is 2. The lowest BCUT2D eigenvalue weighted by molar-refractivity contribution is -0.119. The molecule has 1 amide bonds. The Morgan fingerprint density at radius 3 is 2.90 bits per heavy atom. The molecule has 29 heavy (non-hydrogen) atoms. The lowest BCUT2D eigenvalue weighted by Crippen LogP contribution is -2.41. The summed E-state index contributed by atoms with van der Waals surface area (Å²) in [4.78, 5) is 17.4. The highest BCUT2D eigenvalue weighted by molar-refractivity contribution is 6.04. The summed E-state index contributed by atoms with van der Waals surface area (Å²) in [6, 6.07) is 13.7. The Kier molecular flexibility index (Phi) is 4.24. The van der Waals surface area contributed by atoms with Gasteiger partial charge in [-0.1, -0.05) is 24.3 Å². The molecule has 0 bridgehead atoms. The SMILES string of the molecule is COc1cccc2c1CN(CC(=O)N1c3ccccc3Oc3cnn(C)c31)CC2. The van der Waals surface area contributed by atoms with Crippen molar-refractivity contribution in [2.24, 2.45) is 7.05 Å². The van der Waals surface area contributed by atoms with E-state index in [1.807, 2.05) is 43.4 Å². The minimum absolute atomic E-state index is 0.0102. The first-order valence-corrected chi connectivity index (χ1v) is 9.64. The fourth-order valence-electron chi connectivity index (χ4n) is 4.15. The molecule has 0 N–H and O–H groups in total. The number of anilines is 2. The molecule has 2 aliphatic heterocycles. The van der Waals surface area contributed by atoms with E-state index in [0.717, 1.165) is 30.0 Å². The van der Waals surface area contributed by atoms with Crippen molar-refractivity contribution in [3.8, 4) is 17.2 Å². The largest absolute Gasteiger partial charge is 0.496 e. The fraction of sp³-hybridized carbons (Fsp3) is 0.273. The maximum atomic E-state index is 13.5. The van der Waals surface area contributed by atoms with Crippen molar-refractivity contribution in [1.29, 1.82) is 0 Å². The second-order valence-corrected chi connectivity index (χ2v) is 7.31. The number of amides is 1. The van der Waals surface area contributed by atoms with Crippen molar-refractivity contribution in [1.82, 2.24) is 14.7 Å². The lowest BCUT2D eigenvalue weighted by atomic mass is 9.99. The van der Waals surface area contributed by atoms with Crippen molar-refractivity contribution in [2.75, 3.05) is 25.1 Å². The Hall–Kier alpha value is -3.32. The number of ether oxygens (including phenoxy) is 2. The van der Waals surface area contributed by atoms with Crippen molar-refractivity contribution in [3.05, 3.63) is 59.8 Å². The number of carbonyl (C=O) groups excluding carboxylic acids is 1. The monoisotopic (exact) mass is 390 g/mol. The molecule has 0 saturated heterocycles. The van der Waals surface area contributed by atoms with Gasteiger partial charge in [0.25, 0.3) is 0 Å². The zero-order valence-electron chi connectivity index (χ0n) is 16.5. The molecule has 7 heteroatoms. The topological polar surface area (TPSA) is 59.8 Å². The first-order chi connectivity index (χ1) is 14.2. The van der Waals surface area contributed by atoms with Crippen LogP contribution in [0.3, 0.4) is 0 Å². The van der Waals surface area contributed by atoms with E-state index >= 15 is 0 Å². The van der Waals surface area contributed by atoms with Gasteiger partial charge in [0, 0.05) is 25.7 Å². The number of aromatic nitrogens is 2. The van der Waals surface area contributed by atoms with Gasteiger partial charge in [0.05, 0.1) is 25.5 Å². The molecule has 1 aromatic heterocycles. The number of benzene rings is 2. The second-order valence-electron chi connectivity index (χ2n) is 7.31. The molecule has 2 aliphatic rings. The maximum absolute atomic E-state index is 13.5. The van der Waals surface area contributed by atoms with Crippen LogP contribution >= 0.6 is 0 Å². The minimum atomic E-state index is -0.0102. The average molecular weight is 390 g/mol. The Morgan fingerprint density at radius 2 is 2.03 bits per heavy atom. The second kappa shape index (κ2) is 6.93. The van der Waals surface area contributed by atoms with Crippen molar-refractivity contribution in [3.63, 3.8) is 0 Å². The molecule has 148 valence electrons. The molecule has 0 fully saturated rings. The minimum Gasteiger partial charge on any atom is -0.496 e. The Labute approximate surface area is 169 Å². The van der Waals surface area contributed by atoms with E-state index in [1.165, 1.54) is 5.56 Å². The van der Waals surface area contributed by atoms with Crippen molar-refractivity contribution < 1.29 is 14.3 Å². The molecule has 0 unspecified atom stereocenters. The van der Waals surface area contributed by atoms with Gasteiger partial charge in [0.2, 0.25) is 5.91 Å². The molecular weight excluding hydrogens is 368 g/mol. The summed E-state index contributed by atoms with van der Waals surface area (Å²) in [7, 11) is 3.51. The first-order valence-electron chi connectivity index (χ1n) is 9.64. The third-order valence-corrected chi connectivity index (χ3v) is 5.55. The highest BCUT2D eigenvalue weighted by atomic mass is 16.5. The zero-order valence-corrected chi connectivity index (χ0v) is 16.5. The molecule has 0 atom stereocenters.